The van der Waals surface area contributed by atoms with E-state index in [1.807, 2.05) is 11.8 Å². The van der Waals surface area contributed by atoms with Crippen LogP contribution in [0.5, 0.6) is 11.5 Å². The number of H-pyrrole nitrogens is 1. The van der Waals surface area contributed by atoms with Crippen LogP contribution in [0.15, 0.2) is 16.9 Å². The Kier molecular flexibility index (Phi) is 6.51. The fraction of sp³-hybridized carbons (Fsp3) is 0.667. The lowest BCUT2D eigenvalue weighted by molar-refractivity contribution is -0.127. The van der Waals surface area contributed by atoms with Gasteiger partial charge in [0.2, 0.25) is 5.91 Å². The molecule has 0 aliphatic heterocycles. The molecule has 2 aromatic rings. The molecule has 6 rings (SSSR count). The number of aromatic amines is 1. The van der Waals surface area contributed by atoms with Gasteiger partial charge in [-0.3, -0.25) is 14.5 Å². The zero-order chi connectivity index (χ0) is 24.7. The number of hydrogen-bond acceptors (Lipinski definition) is 6. The van der Waals surface area contributed by atoms with Gasteiger partial charge in [0.25, 0.3) is 5.56 Å². The second-order valence-electron chi connectivity index (χ2n) is 11.1. The zero-order valence-electron chi connectivity index (χ0n) is 21.4. The molecule has 190 valence electrons. The van der Waals surface area contributed by atoms with Gasteiger partial charge in [-0.15, -0.1) is 0 Å². The molecule has 1 aromatic carbocycles. The fourth-order valence-electron chi connectivity index (χ4n) is 7.43. The van der Waals surface area contributed by atoms with Gasteiger partial charge in [-0.1, -0.05) is 6.92 Å². The van der Waals surface area contributed by atoms with Crippen molar-refractivity contribution in [3.05, 3.63) is 28.3 Å². The molecular formula is C27H38N4O4. The molecule has 4 fully saturated rings. The number of carbonyl (C=O) groups excluding carboxylic acids is 1. The van der Waals surface area contributed by atoms with E-state index in [4.69, 9.17) is 9.47 Å². The van der Waals surface area contributed by atoms with Gasteiger partial charge in [0.1, 0.15) is 5.82 Å². The molecule has 8 heteroatoms. The Morgan fingerprint density at radius 1 is 1.14 bits per heavy atom. The molecule has 4 bridgehead atoms. The molecule has 2 N–H and O–H groups in total. The summed E-state index contributed by atoms with van der Waals surface area (Å²) in [5.74, 6) is 4.17. The molecule has 0 spiro atoms. The number of hydrogen-bond donors (Lipinski definition) is 2. The van der Waals surface area contributed by atoms with E-state index in [0.717, 1.165) is 17.8 Å². The Hall–Kier alpha value is -2.61. The third-order valence-corrected chi connectivity index (χ3v) is 8.83. The standard InChI is InChI=1S/C27H38N4O4/c1-5-31(14-24-29-21-10-23(35-4)22(34-3)9-20(21)26(33)30-24)15-25(32)28-16(2)27-11-17-6-18(12-27)8-19(7-17)13-27/h9-10,16-19H,5-8,11-15H2,1-4H3,(H,28,32)(H,29,30,33). The molecule has 8 nitrogen and oxygen atoms in total. The zero-order valence-corrected chi connectivity index (χ0v) is 21.4. The lowest BCUT2D eigenvalue weighted by atomic mass is 9.48. The summed E-state index contributed by atoms with van der Waals surface area (Å²) in [6.45, 7) is 5.57. The molecule has 0 saturated heterocycles. The Balaban J connectivity index is 1.26. The summed E-state index contributed by atoms with van der Waals surface area (Å²) in [5.41, 5.74) is 0.589. The monoisotopic (exact) mass is 482 g/mol. The fourth-order valence-corrected chi connectivity index (χ4v) is 7.43. The minimum Gasteiger partial charge on any atom is -0.493 e. The van der Waals surface area contributed by atoms with Crippen molar-refractivity contribution in [2.75, 3.05) is 27.3 Å². The maximum absolute atomic E-state index is 13.1. The third-order valence-electron chi connectivity index (χ3n) is 8.83. The van der Waals surface area contributed by atoms with Crippen molar-refractivity contribution < 1.29 is 14.3 Å². The smallest absolute Gasteiger partial charge is 0.258 e. The van der Waals surface area contributed by atoms with Gasteiger partial charge in [-0.25, -0.2) is 4.98 Å². The van der Waals surface area contributed by atoms with E-state index in [-0.39, 0.29) is 29.5 Å². The van der Waals surface area contributed by atoms with Crippen LogP contribution in [0, 0.1) is 23.2 Å². The van der Waals surface area contributed by atoms with Gasteiger partial charge in [-0.2, -0.15) is 0 Å². The van der Waals surface area contributed by atoms with Crippen LogP contribution < -0.4 is 20.3 Å². The number of nitrogens with one attached hydrogen (secondary N) is 2. The molecule has 35 heavy (non-hydrogen) atoms. The predicted molar refractivity (Wildman–Crippen MR) is 135 cm³/mol. The number of carbonyl (C=O) groups is 1. The van der Waals surface area contributed by atoms with Gasteiger partial charge in [-0.05, 0) is 81.2 Å². The van der Waals surface area contributed by atoms with Crippen LogP contribution in [0.25, 0.3) is 10.9 Å². The number of benzene rings is 1. The van der Waals surface area contributed by atoms with Crippen molar-refractivity contribution in [2.45, 2.75) is 65.0 Å². The number of nitrogens with zero attached hydrogens (tertiary/aromatic N) is 2. The Labute approximate surface area is 206 Å². The summed E-state index contributed by atoms with van der Waals surface area (Å²) in [7, 11) is 3.09. The van der Waals surface area contributed by atoms with E-state index in [9.17, 15) is 9.59 Å². The molecule has 1 unspecified atom stereocenters. The number of amides is 1. The average molecular weight is 483 g/mol. The third kappa shape index (κ3) is 4.65. The first kappa shape index (κ1) is 24.1. The van der Waals surface area contributed by atoms with Crippen molar-refractivity contribution in [1.82, 2.24) is 20.2 Å². The van der Waals surface area contributed by atoms with Crippen molar-refractivity contribution in [1.29, 1.82) is 0 Å². The summed E-state index contributed by atoms with van der Waals surface area (Å²) in [6, 6.07) is 3.55. The van der Waals surface area contributed by atoms with Crippen molar-refractivity contribution in [3.8, 4) is 11.5 Å². The first-order valence-corrected chi connectivity index (χ1v) is 13.0. The van der Waals surface area contributed by atoms with E-state index in [1.165, 1.54) is 45.6 Å². The van der Waals surface area contributed by atoms with E-state index < -0.39 is 0 Å². The van der Waals surface area contributed by atoms with Crippen LogP contribution in [0.4, 0.5) is 0 Å². The SMILES string of the molecule is CCN(CC(=O)NC(C)C12CC3CC(CC(C3)C1)C2)Cc1nc2cc(OC)c(OC)cc2c(=O)[nH]1. The topological polar surface area (TPSA) is 96.6 Å². The largest absolute Gasteiger partial charge is 0.493 e. The highest BCUT2D eigenvalue weighted by atomic mass is 16.5. The lowest BCUT2D eigenvalue weighted by Gasteiger charge is -2.59. The summed E-state index contributed by atoms with van der Waals surface area (Å²) in [5, 5.41) is 3.79. The van der Waals surface area contributed by atoms with Crippen LogP contribution in [0.2, 0.25) is 0 Å². The first-order chi connectivity index (χ1) is 16.8. The first-order valence-electron chi connectivity index (χ1n) is 13.0. The quantitative estimate of drug-likeness (QED) is 0.568. The number of ether oxygens (including phenoxy) is 2. The summed E-state index contributed by atoms with van der Waals surface area (Å²) < 4.78 is 10.7. The van der Waals surface area contributed by atoms with Crippen LogP contribution in [-0.2, 0) is 11.3 Å². The van der Waals surface area contributed by atoms with Gasteiger partial charge < -0.3 is 19.8 Å². The van der Waals surface area contributed by atoms with Gasteiger partial charge in [0.15, 0.2) is 11.5 Å². The molecule has 1 heterocycles. The molecule has 1 amide bonds. The Morgan fingerprint density at radius 2 is 1.74 bits per heavy atom. The number of rotatable bonds is 9. The molecule has 1 atom stereocenters. The maximum Gasteiger partial charge on any atom is 0.258 e. The molecule has 4 saturated carbocycles. The average Bonchev–Trinajstić information content (AvgIpc) is 2.82. The van der Waals surface area contributed by atoms with Crippen LogP contribution >= 0.6 is 0 Å². The summed E-state index contributed by atoms with van der Waals surface area (Å²) in [6.07, 6.45) is 8.02. The molecule has 1 aromatic heterocycles. The summed E-state index contributed by atoms with van der Waals surface area (Å²) >= 11 is 0. The van der Waals surface area contributed by atoms with E-state index >= 15 is 0 Å². The number of fused-ring (bicyclic) bond motifs is 1. The minimum absolute atomic E-state index is 0.0460. The van der Waals surface area contributed by atoms with Crippen molar-refractivity contribution >= 4 is 16.8 Å². The normalized spacial score (nSPS) is 27.9. The highest BCUT2D eigenvalue weighted by molar-refractivity contribution is 5.82. The summed E-state index contributed by atoms with van der Waals surface area (Å²) in [4.78, 5) is 35.3. The van der Waals surface area contributed by atoms with Gasteiger partial charge in [0, 0.05) is 12.1 Å². The number of methoxy groups -OCH3 is 2. The maximum atomic E-state index is 13.1. The van der Waals surface area contributed by atoms with Crippen LogP contribution in [0.3, 0.4) is 0 Å². The highest BCUT2D eigenvalue weighted by Gasteiger charge is 2.53. The highest BCUT2D eigenvalue weighted by Crippen LogP contribution is 2.61. The number of aromatic nitrogens is 2. The predicted octanol–water partition coefficient (Wildman–Crippen LogP) is 3.48. The second kappa shape index (κ2) is 9.45. The number of likely N-dealkylation sites (N-methyl/N-ethyl adjacent to an activating group) is 1. The lowest BCUT2D eigenvalue weighted by Crippen LogP contribution is -2.56. The Morgan fingerprint density at radius 3 is 2.31 bits per heavy atom. The molecule has 0 radical (unpaired) electrons. The van der Waals surface area contributed by atoms with Crippen molar-refractivity contribution in [2.24, 2.45) is 23.2 Å². The molecule has 4 aliphatic rings. The molecular weight excluding hydrogens is 444 g/mol. The molecule has 4 aliphatic carbocycles. The van der Waals surface area contributed by atoms with Crippen LogP contribution in [-0.4, -0.2) is 54.1 Å². The van der Waals surface area contributed by atoms with Crippen LogP contribution in [0.1, 0.15) is 58.2 Å². The Bertz CT molecular complexity index is 1120. The van der Waals surface area contributed by atoms with Crippen molar-refractivity contribution in [3.63, 3.8) is 0 Å². The van der Waals surface area contributed by atoms with E-state index in [2.05, 4.69) is 22.2 Å². The van der Waals surface area contributed by atoms with Gasteiger partial charge in [0.05, 0.1) is 38.2 Å². The van der Waals surface area contributed by atoms with Gasteiger partial charge >= 0.3 is 0 Å². The minimum atomic E-state index is -0.234. The van der Waals surface area contributed by atoms with E-state index in [1.54, 1.807) is 19.2 Å². The van der Waals surface area contributed by atoms with E-state index in [0.29, 0.717) is 41.3 Å². The second-order valence-corrected chi connectivity index (χ2v) is 11.1.